The predicted molar refractivity (Wildman–Crippen MR) is 75.8 cm³/mol. The highest BCUT2D eigenvalue weighted by Gasteiger charge is 2.30. The first-order valence-electron chi connectivity index (χ1n) is 7.62. The number of piperidine rings is 1. The van der Waals surface area contributed by atoms with Gasteiger partial charge in [-0.15, -0.1) is 0 Å². The molecule has 1 unspecified atom stereocenters. The first-order valence-corrected chi connectivity index (χ1v) is 7.62. The molecule has 0 aromatic heterocycles. The predicted octanol–water partition coefficient (Wildman–Crippen LogP) is 0.648. The number of urea groups is 1. The van der Waals surface area contributed by atoms with E-state index in [4.69, 9.17) is 5.11 Å². The van der Waals surface area contributed by atoms with Gasteiger partial charge in [0.15, 0.2) is 0 Å². The van der Waals surface area contributed by atoms with Crippen LogP contribution < -0.4 is 5.32 Å². The summed E-state index contributed by atoms with van der Waals surface area (Å²) in [6, 6.07) is -0.586. The van der Waals surface area contributed by atoms with Gasteiger partial charge in [-0.25, -0.2) is 4.79 Å². The molecule has 0 aromatic rings. The van der Waals surface area contributed by atoms with Crippen LogP contribution in [0, 0.1) is 0 Å². The Balaban J connectivity index is 1.78. The van der Waals surface area contributed by atoms with E-state index >= 15 is 0 Å². The summed E-state index contributed by atoms with van der Waals surface area (Å²) in [5.74, 6) is -0.957. The number of rotatable bonds is 4. The Bertz CT molecular complexity index is 407. The van der Waals surface area contributed by atoms with Crippen LogP contribution in [0.15, 0.2) is 0 Å². The molecule has 2 aliphatic rings. The molecule has 118 valence electrons. The Morgan fingerprint density at radius 1 is 1.05 bits per heavy atom. The van der Waals surface area contributed by atoms with Crippen molar-refractivity contribution in [1.29, 1.82) is 0 Å². The second kappa shape index (κ2) is 7.28. The number of nitrogens with zero attached hydrogens (tertiary/aromatic N) is 2. The zero-order valence-electron chi connectivity index (χ0n) is 12.2. The Kier molecular flexibility index (Phi) is 5.41. The van der Waals surface area contributed by atoms with Gasteiger partial charge in [-0.3, -0.25) is 9.59 Å². The lowest BCUT2D eigenvalue weighted by atomic mass is 10.1. The summed E-state index contributed by atoms with van der Waals surface area (Å²) in [4.78, 5) is 38.1. The largest absolute Gasteiger partial charge is 0.481 e. The molecule has 2 aliphatic heterocycles. The summed E-state index contributed by atoms with van der Waals surface area (Å²) < 4.78 is 0. The fraction of sp³-hybridized carbons (Fsp3) is 0.786. The van der Waals surface area contributed by atoms with Gasteiger partial charge in [0, 0.05) is 25.7 Å². The fourth-order valence-electron chi connectivity index (χ4n) is 3.02. The van der Waals surface area contributed by atoms with Gasteiger partial charge in [0.2, 0.25) is 5.91 Å². The van der Waals surface area contributed by atoms with E-state index in [1.807, 2.05) is 0 Å². The normalized spacial score (nSPS) is 22.2. The minimum absolute atomic E-state index is 0.00484. The number of hydrogen-bond acceptors (Lipinski definition) is 3. The third-order valence-electron chi connectivity index (χ3n) is 4.15. The van der Waals surface area contributed by atoms with Crippen molar-refractivity contribution in [1.82, 2.24) is 15.1 Å². The molecule has 7 nitrogen and oxygen atoms in total. The van der Waals surface area contributed by atoms with Gasteiger partial charge in [-0.05, 0) is 32.1 Å². The molecule has 2 saturated heterocycles. The highest BCUT2D eigenvalue weighted by molar-refractivity contribution is 5.84. The number of carbonyl (C=O) groups is 3. The van der Waals surface area contributed by atoms with E-state index in [-0.39, 0.29) is 30.9 Å². The van der Waals surface area contributed by atoms with Crippen molar-refractivity contribution in [2.24, 2.45) is 0 Å². The topological polar surface area (TPSA) is 90.0 Å². The van der Waals surface area contributed by atoms with Gasteiger partial charge in [0.1, 0.15) is 0 Å². The molecule has 3 amide bonds. The van der Waals surface area contributed by atoms with Gasteiger partial charge in [0.05, 0.1) is 13.0 Å². The van der Waals surface area contributed by atoms with Gasteiger partial charge >= 0.3 is 12.0 Å². The van der Waals surface area contributed by atoms with Crippen LogP contribution in [0.1, 0.15) is 38.5 Å². The highest BCUT2D eigenvalue weighted by atomic mass is 16.4. The molecule has 0 bridgehead atoms. The monoisotopic (exact) mass is 297 g/mol. The zero-order chi connectivity index (χ0) is 15.2. The lowest BCUT2D eigenvalue weighted by Gasteiger charge is -2.28. The molecule has 0 radical (unpaired) electrons. The van der Waals surface area contributed by atoms with Crippen molar-refractivity contribution in [3.05, 3.63) is 0 Å². The van der Waals surface area contributed by atoms with Crippen LogP contribution >= 0.6 is 0 Å². The number of aliphatic carboxylic acids is 1. The molecule has 0 aliphatic carbocycles. The number of nitrogens with one attached hydrogen (secondary N) is 1. The standard InChI is InChI=1S/C14H23N3O4/c18-12(16-6-2-1-3-7-16)10-15-14(21)17-8-4-5-11(17)9-13(19)20/h11H,1-10H2,(H,15,21)(H,19,20). The second-order valence-electron chi connectivity index (χ2n) is 5.69. The Morgan fingerprint density at radius 2 is 1.76 bits per heavy atom. The number of amides is 3. The summed E-state index contributed by atoms with van der Waals surface area (Å²) in [5, 5.41) is 11.5. The number of carbonyl (C=O) groups excluding carboxylic acids is 2. The molecule has 2 N–H and O–H groups in total. The molecule has 0 saturated carbocycles. The molecular weight excluding hydrogens is 274 g/mol. The number of likely N-dealkylation sites (tertiary alicyclic amines) is 2. The molecule has 7 heteroatoms. The lowest BCUT2D eigenvalue weighted by molar-refractivity contribution is -0.138. The summed E-state index contributed by atoms with van der Waals surface area (Å²) in [5.41, 5.74) is 0. The van der Waals surface area contributed by atoms with Crippen LogP contribution in [0.2, 0.25) is 0 Å². The smallest absolute Gasteiger partial charge is 0.318 e. The van der Waals surface area contributed by atoms with Crippen molar-refractivity contribution in [3.63, 3.8) is 0 Å². The summed E-state index contributed by atoms with van der Waals surface area (Å²) in [7, 11) is 0. The maximum absolute atomic E-state index is 12.1. The SMILES string of the molecule is O=C(O)CC1CCCN1C(=O)NCC(=O)N1CCCCC1. The van der Waals surface area contributed by atoms with Crippen molar-refractivity contribution < 1.29 is 19.5 Å². The maximum Gasteiger partial charge on any atom is 0.318 e. The molecule has 0 aromatic carbocycles. The minimum atomic E-state index is -0.899. The van der Waals surface area contributed by atoms with Crippen LogP contribution in [-0.4, -0.2) is 65.0 Å². The number of carboxylic acid groups (broad SMARTS) is 1. The minimum Gasteiger partial charge on any atom is -0.481 e. The third kappa shape index (κ3) is 4.34. The Morgan fingerprint density at radius 3 is 2.43 bits per heavy atom. The quantitative estimate of drug-likeness (QED) is 0.797. The van der Waals surface area contributed by atoms with E-state index in [1.54, 1.807) is 4.90 Å². The average Bonchev–Trinajstić information content (AvgIpc) is 2.92. The van der Waals surface area contributed by atoms with E-state index in [0.29, 0.717) is 13.0 Å². The van der Waals surface area contributed by atoms with Crippen LogP contribution in [0.3, 0.4) is 0 Å². The third-order valence-corrected chi connectivity index (χ3v) is 4.15. The van der Waals surface area contributed by atoms with Gasteiger partial charge in [-0.2, -0.15) is 0 Å². The van der Waals surface area contributed by atoms with E-state index in [0.717, 1.165) is 38.8 Å². The average molecular weight is 297 g/mol. The molecule has 2 fully saturated rings. The lowest BCUT2D eigenvalue weighted by Crippen LogP contribution is -2.48. The van der Waals surface area contributed by atoms with Gasteiger partial charge in [-0.1, -0.05) is 0 Å². The van der Waals surface area contributed by atoms with Gasteiger partial charge < -0.3 is 20.2 Å². The van der Waals surface area contributed by atoms with E-state index in [1.165, 1.54) is 4.90 Å². The van der Waals surface area contributed by atoms with Crippen molar-refractivity contribution in [2.45, 2.75) is 44.6 Å². The molecule has 0 spiro atoms. The fourth-order valence-corrected chi connectivity index (χ4v) is 3.02. The maximum atomic E-state index is 12.1. The summed E-state index contributed by atoms with van der Waals surface area (Å²) >= 11 is 0. The molecular formula is C14H23N3O4. The van der Waals surface area contributed by atoms with Crippen molar-refractivity contribution >= 4 is 17.9 Å². The molecule has 2 heterocycles. The Hall–Kier alpha value is -1.79. The van der Waals surface area contributed by atoms with Crippen molar-refractivity contribution in [2.75, 3.05) is 26.2 Å². The molecule has 1 atom stereocenters. The first-order chi connectivity index (χ1) is 10.1. The van der Waals surface area contributed by atoms with Crippen LogP contribution in [0.25, 0.3) is 0 Å². The van der Waals surface area contributed by atoms with E-state index < -0.39 is 5.97 Å². The summed E-state index contributed by atoms with van der Waals surface area (Å²) in [6.45, 7) is 2.08. The summed E-state index contributed by atoms with van der Waals surface area (Å²) in [6.07, 6.45) is 4.68. The van der Waals surface area contributed by atoms with Crippen LogP contribution in [-0.2, 0) is 9.59 Å². The zero-order valence-corrected chi connectivity index (χ0v) is 12.2. The van der Waals surface area contributed by atoms with E-state index in [9.17, 15) is 14.4 Å². The van der Waals surface area contributed by atoms with Crippen LogP contribution in [0.5, 0.6) is 0 Å². The number of carboxylic acids is 1. The molecule has 21 heavy (non-hydrogen) atoms. The van der Waals surface area contributed by atoms with Crippen LogP contribution in [0.4, 0.5) is 4.79 Å². The van der Waals surface area contributed by atoms with Gasteiger partial charge in [0.25, 0.3) is 0 Å². The molecule has 2 rings (SSSR count). The highest BCUT2D eigenvalue weighted by Crippen LogP contribution is 2.20. The van der Waals surface area contributed by atoms with E-state index in [2.05, 4.69) is 5.32 Å². The second-order valence-corrected chi connectivity index (χ2v) is 5.69. The first kappa shape index (κ1) is 15.6. The van der Waals surface area contributed by atoms with Crippen molar-refractivity contribution in [3.8, 4) is 0 Å². The number of hydrogen-bond donors (Lipinski definition) is 2. The Labute approximate surface area is 124 Å².